The van der Waals surface area contributed by atoms with Crippen molar-refractivity contribution in [1.82, 2.24) is 4.98 Å². The zero-order chi connectivity index (χ0) is 17.6. The molecule has 0 aliphatic carbocycles. The lowest BCUT2D eigenvalue weighted by Crippen LogP contribution is -2.17. The van der Waals surface area contributed by atoms with E-state index < -0.39 is 5.97 Å². The van der Waals surface area contributed by atoms with Gasteiger partial charge in [-0.1, -0.05) is 18.2 Å². The lowest BCUT2D eigenvalue weighted by Gasteiger charge is -2.08. The van der Waals surface area contributed by atoms with E-state index in [1.807, 2.05) is 6.07 Å². The summed E-state index contributed by atoms with van der Waals surface area (Å²) in [5.41, 5.74) is 0.306. The average Bonchev–Trinajstić information content (AvgIpc) is 2.65. The number of H-pyrrole nitrogens is 1. The van der Waals surface area contributed by atoms with Gasteiger partial charge in [-0.3, -0.25) is 4.79 Å². The Balaban J connectivity index is 1.57. The first-order valence-electron chi connectivity index (χ1n) is 7.59. The van der Waals surface area contributed by atoms with E-state index >= 15 is 0 Å². The van der Waals surface area contributed by atoms with Crippen LogP contribution in [0.2, 0.25) is 0 Å². The Morgan fingerprint density at radius 2 is 1.84 bits per heavy atom. The van der Waals surface area contributed by atoms with Crippen molar-refractivity contribution < 1.29 is 14.3 Å². The molecule has 0 atom stereocenters. The molecule has 0 spiro atoms. The van der Waals surface area contributed by atoms with Crippen molar-refractivity contribution in [2.24, 2.45) is 0 Å². The maximum absolute atomic E-state index is 12.1. The molecule has 1 N–H and O–H groups in total. The number of ether oxygens (including phenoxy) is 2. The quantitative estimate of drug-likeness (QED) is 0.572. The van der Waals surface area contributed by atoms with Crippen molar-refractivity contribution in [1.29, 1.82) is 5.26 Å². The molecule has 6 nitrogen and oxygen atoms in total. The van der Waals surface area contributed by atoms with Gasteiger partial charge in [-0.15, -0.1) is 0 Å². The minimum absolute atomic E-state index is 0.0354. The summed E-state index contributed by atoms with van der Waals surface area (Å²) in [7, 11) is 0. The molecule has 0 aliphatic rings. The maximum atomic E-state index is 12.1. The third-order valence-corrected chi connectivity index (χ3v) is 3.54. The molecule has 0 fully saturated rings. The summed E-state index contributed by atoms with van der Waals surface area (Å²) in [5, 5.41) is 9.91. The molecule has 3 rings (SSSR count). The number of carbonyl (C=O) groups is 1. The molecule has 0 amide bonds. The minimum atomic E-state index is -0.619. The van der Waals surface area contributed by atoms with Crippen LogP contribution in [0.1, 0.15) is 16.1 Å². The van der Waals surface area contributed by atoms with Crippen molar-refractivity contribution in [3.8, 4) is 11.8 Å². The molecular weight excluding hydrogens is 320 g/mol. The zero-order valence-electron chi connectivity index (χ0n) is 13.2. The highest BCUT2D eigenvalue weighted by Gasteiger charge is 2.10. The van der Waals surface area contributed by atoms with Crippen LogP contribution in [0.4, 0.5) is 0 Å². The Hall–Kier alpha value is -3.59. The van der Waals surface area contributed by atoms with Crippen LogP contribution in [0.25, 0.3) is 10.8 Å². The number of carbonyl (C=O) groups excluding carboxylic acids is 1. The SMILES string of the molecule is N#Cc1ccc(OCCOC(=O)c2cc3ccccc3c(=O)[nH]2)cc1. The number of nitriles is 1. The van der Waals surface area contributed by atoms with Crippen molar-refractivity contribution in [2.75, 3.05) is 13.2 Å². The van der Waals surface area contributed by atoms with Crippen LogP contribution in [0.15, 0.2) is 59.4 Å². The molecule has 1 aromatic heterocycles. The van der Waals surface area contributed by atoms with Crippen molar-refractivity contribution in [3.05, 3.63) is 76.2 Å². The van der Waals surface area contributed by atoms with E-state index in [1.54, 1.807) is 54.6 Å². The van der Waals surface area contributed by atoms with E-state index in [0.717, 1.165) is 0 Å². The molecule has 0 radical (unpaired) electrons. The van der Waals surface area contributed by atoms with Gasteiger partial charge in [0.25, 0.3) is 5.56 Å². The van der Waals surface area contributed by atoms with E-state index in [-0.39, 0.29) is 24.5 Å². The Kier molecular flexibility index (Phi) is 4.77. The predicted molar refractivity (Wildman–Crippen MR) is 91.5 cm³/mol. The smallest absolute Gasteiger partial charge is 0.354 e. The second-order valence-corrected chi connectivity index (χ2v) is 5.22. The van der Waals surface area contributed by atoms with Crippen molar-refractivity contribution >= 4 is 16.7 Å². The minimum Gasteiger partial charge on any atom is -0.490 e. The van der Waals surface area contributed by atoms with Crippen LogP contribution in [0, 0.1) is 11.3 Å². The molecule has 0 saturated carbocycles. The number of nitrogens with zero attached hydrogens (tertiary/aromatic N) is 1. The van der Waals surface area contributed by atoms with E-state index in [0.29, 0.717) is 22.1 Å². The number of benzene rings is 2. The van der Waals surface area contributed by atoms with Gasteiger partial charge in [0.15, 0.2) is 0 Å². The highest BCUT2D eigenvalue weighted by atomic mass is 16.6. The standard InChI is InChI=1S/C19H14N2O4/c20-12-13-5-7-15(8-6-13)24-9-10-25-19(23)17-11-14-3-1-2-4-16(14)18(22)21-17/h1-8,11H,9-10H2,(H,21,22). The third-order valence-electron chi connectivity index (χ3n) is 3.54. The summed E-state index contributed by atoms with van der Waals surface area (Å²) in [6.07, 6.45) is 0. The number of fused-ring (bicyclic) bond motifs is 1. The number of hydrogen-bond donors (Lipinski definition) is 1. The lowest BCUT2D eigenvalue weighted by molar-refractivity contribution is 0.0443. The zero-order valence-corrected chi connectivity index (χ0v) is 13.2. The Morgan fingerprint density at radius 1 is 1.08 bits per heavy atom. The molecule has 1 heterocycles. The lowest BCUT2D eigenvalue weighted by atomic mass is 10.1. The number of aromatic amines is 1. The molecular formula is C19H14N2O4. The number of rotatable bonds is 5. The Morgan fingerprint density at radius 3 is 2.60 bits per heavy atom. The van der Waals surface area contributed by atoms with Gasteiger partial charge in [-0.2, -0.15) is 5.26 Å². The van der Waals surface area contributed by atoms with Crippen LogP contribution in [0.5, 0.6) is 5.75 Å². The summed E-state index contributed by atoms with van der Waals surface area (Å²) >= 11 is 0. The van der Waals surface area contributed by atoms with Gasteiger partial charge >= 0.3 is 5.97 Å². The molecule has 2 aromatic carbocycles. The summed E-state index contributed by atoms with van der Waals surface area (Å²) in [6, 6.07) is 17.2. The van der Waals surface area contributed by atoms with E-state index in [4.69, 9.17) is 14.7 Å². The normalized spacial score (nSPS) is 10.2. The number of hydrogen-bond acceptors (Lipinski definition) is 5. The van der Waals surface area contributed by atoms with Crippen molar-refractivity contribution in [3.63, 3.8) is 0 Å². The van der Waals surface area contributed by atoms with Gasteiger partial charge in [-0.25, -0.2) is 4.79 Å². The molecule has 0 bridgehead atoms. The molecule has 0 unspecified atom stereocenters. The van der Waals surface area contributed by atoms with Gasteiger partial charge in [0, 0.05) is 5.39 Å². The Bertz CT molecular complexity index is 1000. The highest BCUT2D eigenvalue weighted by molar-refractivity contribution is 5.92. The van der Waals surface area contributed by atoms with E-state index in [1.165, 1.54) is 0 Å². The second kappa shape index (κ2) is 7.32. The monoisotopic (exact) mass is 334 g/mol. The fourth-order valence-electron chi connectivity index (χ4n) is 2.32. The maximum Gasteiger partial charge on any atom is 0.354 e. The van der Waals surface area contributed by atoms with E-state index in [9.17, 15) is 9.59 Å². The number of aromatic nitrogens is 1. The van der Waals surface area contributed by atoms with Crippen LogP contribution in [0.3, 0.4) is 0 Å². The predicted octanol–water partition coefficient (Wildman–Crippen LogP) is 2.64. The van der Waals surface area contributed by atoms with Gasteiger partial charge in [0.1, 0.15) is 24.7 Å². The summed E-state index contributed by atoms with van der Waals surface area (Å²) in [5.74, 6) is -0.0413. The van der Waals surface area contributed by atoms with Gasteiger partial charge in [0.2, 0.25) is 0 Å². The summed E-state index contributed by atoms with van der Waals surface area (Å²) < 4.78 is 10.5. The molecule has 25 heavy (non-hydrogen) atoms. The van der Waals surface area contributed by atoms with Crippen LogP contribution >= 0.6 is 0 Å². The van der Waals surface area contributed by atoms with Crippen molar-refractivity contribution in [2.45, 2.75) is 0 Å². The first-order valence-corrected chi connectivity index (χ1v) is 7.59. The fourth-order valence-corrected chi connectivity index (χ4v) is 2.32. The molecule has 6 heteroatoms. The highest BCUT2D eigenvalue weighted by Crippen LogP contribution is 2.12. The molecule has 124 valence electrons. The molecule has 3 aromatic rings. The number of nitrogens with one attached hydrogen (secondary N) is 1. The van der Waals surface area contributed by atoms with Gasteiger partial charge in [0.05, 0.1) is 11.6 Å². The molecule has 0 aliphatic heterocycles. The Labute approximate surface area is 143 Å². The number of esters is 1. The summed E-state index contributed by atoms with van der Waals surface area (Å²) in [6.45, 7) is 0.198. The van der Waals surface area contributed by atoms with Gasteiger partial charge in [-0.05, 0) is 41.8 Å². The average molecular weight is 334 g/mol. The fraction of sp³-hybridized carbons (Fsp3) is 0.105. The number of pyridine rings is 1. The third kappa shape index (κ3) is 3.85. The largest absolute Gasteiger partial charge is 0.490 e. The topological polar surface area (TPSA) is 92.2 Å². The van der Waals surface area contributed by atoms with Crippen LogP contribution in [-0.2, 0) is 4.74 Å². The molecule has 0 saturated heterocycles. The first-order chi connectivity index (χ1) is 12.2. The van der Waals surface area contributed by atoms with Gasteiger partial charge < -0.3 is 14.5 Å². The van der Waals surface area contributed by atoms with E-state index in [2.05, 4.69) is 4.98 Å². The second-order valence-electron chi connectivity index (χ2n) is 5.22. The van der Waals surface area contributed by atoms with Crippen LogP contribution in [-0.4, -0.2) is 24.2 Å². The summed E-state index contributed by atoms with van der Waals surface area (Å²) in [4.78, 5) is 26.5. The van der Waals surface area contributed by atoms with Crippen LogP contribution < -0.4 is 10.3 Å². The first kappa shape index (κ1) is 16.3.